The second-order valence-electron chi connectivity index (χ2n) is 3.42. The maximum Gasteiger partial charge on any atom is 0.273 e. The number of nitrogen functional groups attached to an aromatic ring is 2. The topological polar surface area (TPSA) is 107 Å². The van der Waals surface area contributed by atoms with Crippen LogP contribution >= 0.6 is 11.6 Å². The molecule has 0 aromatic carbocycles. The number of aromatic nitrogens is 2. The van der Waals surface area contributed by atoms with E-state index >= 15 is 0 Å². The summed E-state index contributed by atoms with van der Waals surface area (Å²) in [4.78, 5) is 19.2. The molecule has 0 unspecified atom stereocenters. The molecular formula is C9H14ClN5O. The number of nitrogens with two attached hydrogens (primary N) is 2. The van der Waals surface area contributed by atoms with Gasteiger partial charge in [-0.2, -0.15) is 0 Å². The lowest BCUT2D eigenvalue weighted by atomic mass is 10.2. The van der Waals surface area contributed by atoms with Crippen LogP contribution in [0.1, 0.15) is 30.8 Å². The van der Waals surface area contributed by atoms with E-state index in [1.54, 1.807) is 0 Å². The van der Waals surface area contributed by atoms with E-state index in [9.17, 15) is 4.79 Å². The number of nitrogens with zero attached hydrogens (tertiary/aromatic N) is 2. The number of halogens is 1. The Labute approximate surface area is 98.4 Å². The van der Waals surface area contributed by atoms with Crippen LogP contribution in [0.3, 0.4) is 0 Å². The molecule has 6 nitrogen and oxygen atoms in total. The Morgan fingerprint density at radius 2 is 2.06 bits per heavy atom. The molecular weight excluding hydrogens is 230 g/mol. The quantitative estimate of drug-likeness (QED) is 0.729. The van der Waals surface area contributed by atoms with Crippen LogP contribution in [0.2, 0.25) is 5.15 Å². The van der Waals surface area contributed by atoms with E-state index < -0.39 is 5.91 Å². The van der Waals surface area contributed by atoms with Crippen LogP contribution in [0.25, 0.3) is 0 Å². The number of anilines is 2. The van der Waals surface area contributed by atoms with Crippen molar-refractivity contribution in [3.8, 4) is 0 Å². The molecule has 0 aliphatic rings. The largest absolute Gasteiger partial charge is 0.382 e. The molecule has 0 radical (unpaired) electrons. The minimum Gasteiger partial charge on any atom is -0.382 e. The summed E-state index contributed by atoms with van der Waals surface area (Å²) in [7, 11) is 0. The highest BCUT2D eigenvalue weighted by Gasteiger charge is 2.16. The summed E-state index contributed by atoms with van der Waals surface area (Å²) >= 11 is 5.67. The van der Waals surface area contributed by atoms with Gasteiger partial charge in [0, 0.05) is 6.04 Å². The van der Waals surface area contributed by atoms with Gasteiger partial charge in [-0.15, -0.1) is 0 Å². The van der Waals surface area contributed by atoms with Crippen molar-refractivity contribution in [1.82, 2.24) is 15.3 Å². The predicted octanol–water partition coefficient (Wildman–Crippen LogP) is 0.823. The van der Waals surface area contributed by atoms with E-state index in [0.717, 1.165) is 6.42 Å². The van der Waals surface area contributed by atoms with Gasteiger partial charge in [0.1, 0.15) is 0 Å². The number of nitrogens with one attached hydrogen (secondary N) is 1. The summed E-state index contributed by atoms with van der Waals surface area (Å²) in [6, 6.07) is 0.0324. The molecule has 1 heterocycles. The number of carbonyl (C=O) groups excluding carboxylic acids is 1. The third-order valence-corrected chi connectivity index (χ3v) is 2.39. The van der Waals surface area contributed by atoms with Crippen LogP contribution in [-0.4, -0.2) is 21.9 Å². The third-order valence-electron chi connectivity index (χ3n) is 2.11. The van der Waals surface area contributed by atoms with Crippen LogP contribution in [0, 0.1) is 0 Å². The predicted molar refractivity (Wildman–Crippen MR) is 63.1 cm³/mol. The number of carbonyl (C=O) groups is 1. The Balaban J connectivity index is 2.96. The molecule has 1 atom stereocenters. The maximum absolute atomic E-state index is 11.7. The third kappa shape index (κ3) is 2.73. The number of hydrogen-bond donors (Lipinski definition) is 3. The van der Waals surface area contributed by atoms with Gasteiger partial charge in [-0.05, 0) is 13.3 Å². The molecule has 5 N–H and O–H groups in total. The van der Waals surface area contributed by atoms with Crippen molar-refractivity contribution in [3.63, 3.8) is 0 Å². The second kappa shape index (κ2) is 4.98. The van der Waals surface area contributed by atoms with Crippen LogP contribution in [-0.2, 0) is 0 Å². The van der Waals surface area contributed by atoms with Gasteiger partial charge in [-0.1, -0.05) is 18.5 Å². The van der Waals surface area contributed by atoms with E-state index in [1.807, 2.05) is 13.8 Å². The molecule has 0 aliphatic carbocycles. The first-order valence-corrected chi connectivity index (χ1v) is 5.22. The summed E-state index contributed by atoms with van der Waals surface area (Å²) in [6.07, 6.45) is 0.807. The molecule has 88 valence electrons. The van der Waals surface area contributed by atoms with Crippen molar-refractivity contribution in [2.45, 2.75) is 26.3 Å². The fraction of sp³-hybridized carbons (Fsp3) is 0.444. The smallest absolute Gasteiger partial charge is 0.273 e. The lowest BCUT2D eigenvalue weighted by Gasteiger charge is -2.12. The highest BCUT2D eigenvalue weighted by Crippen LogP contribution is 2.17. The van der Waals surface area contributed by atoms with Crippen molar-refractivity contribution in [2.24, 2.45) is 0 Å². The van der Waals surface area contributed by atoms with E-state index in [0.29, 0.717) is 0 Å². The van der Waals surface area contributed by atoms with Crippen LogP contribution < -0.4 is 16.8 Å². The summed E-state index contributed by atoms with van der Waals surface area (Å²) in [5, 5.41) is 2.69. The zero-order valence-corrected chi connectivity index (χ0v) is 9.88. The highest BCUT2D eigenvalue weighted by atomic mass is 35.5. The zero-order chi connectivity index (χ0) is 12.3. The molecule has 1 aromatic heterocycles. The lowest BCUT2D eigenvalue weighted by molar-refractivity contribution is 0.0935. The van der Waals surface area contributed by atoms with Crippen molar-refractivity contribution in [2.75, 3.05) is 11.5 Å². The molecule has 1 aromatic rings. The molecule has 1 amide bonds. The first-order chi connectivity index (χ1) is 7.45. The summed E-state index contributed by atoms with van der Waals surface area (Å²) in [6.45, 7) is 3.83. The van der Waals surface area contributed by atoms with Crippen molar-refractivity contribution in [3.05, 3.63) is 10.8 Å². The molecule has 0 spiro atoms. The molecule has 0 fully saturated rings. The van der Waals surface area contributed by atoms with Gasteiger partial charge in [0.25, 0.3) is 5.91 Å². The minimum absolute atomic E-state index is 0.000463. The standard InChI is InChI=1S/C9H14ClN5O/c1-3-4(2)13-9(16)5-7(11)15-8(12)6(10)14-5/h4H,3H2,1-2H3,(H,13,16)(H4,11,12,15)/t4-/m0/s1. The first-order valence-electron chi connectivity index (χ1n) is 4.85. The summed E-state index contributed by atoms with van der Waals surface area (Å²) in [5.74, 6) is -0.414. The number of hydrogen-bond acceptors (Lipinski definition) is 5. The minimum atomic E-state index is -0.402. The van der Waals surface area contributed by atoms with E-state index in [1.165, 1.54) is 0 Å². The SMILES string of the molecule is CC[C@H](C)NC(=O)c1nc(Cl)c(N)nc1N. The van der Waals surface area contributed by atoms with Gasteiger partial charge in [0.05, 0.1) is 0 Å². The maximum atomic E-state index is 11.7. The second-order valence-corrected chi connectivity index (χ2v) is 3.77. The fourth-order valence-electron chi connectivity index (χ4n) is 1.00. The Morgan fingerprint density at radius 3 is 2.62 bits per heavy atom. The first kappa shape index (κ1) is 12.5. The summed E-state index contributed by atoms with van der Waals surface area (Å²) < 4.78 is 0. The Bertz CT molecular complexity index is 409. The average Bonchev–Trinajstić information content (AvgIpc) is 2.23. The monoisotopic (exact) mass is 243 g/mol. The highest BCUT2D eigenvalue weighted by molar-refractivity contribution is 6.31. The van der Waals surface area contributed by atoms with Gasteiger partial charge in [0.15, 0.2) is 22.5 Å². The molecule has 16 heavy (non-hydrogen) atoms. The van der Waals surface area contributed by atoms with E-state index in [-0.39, 0.29) is 28.5 Å². The number of rotatable bonds is 3. The Hall–Kier alpha value is -1.56. The normalized spacial score (nSPS) is 12.2. The Kier molecular flexibility index (Phi) is 3.89. The van der Waals surface area contributed by atoms with Crippen LogP contribution in [0.5, 0.6) is 0 Å². The van der Waals surface area contributed by atoms with Gasteiger partial charge >= 0.3 is 0 Å². The van der Waals surface area contributed by atoms with Crippen molar-refractivity contribution < 1.29 is 4.79 Å². The van der Waals surface area contributed by atoms with E-state index in [4.69, 9.17) is 23.1 Å². The summed E-state index contributed by atoms with van der Waals surface area (Å²) in [5.41, 5.74) is 10.9. The Morgan fingerprint density at radius 1 is 1.44 bits per heavy atom. The molecule has 0 saturated heterocycles. The molecule has 0 saturated carbocycles. The van der Waals surface area contributed by atoms with Gasteiger partial charge < -0.3 is 16.8 Å². The van der Waals surface area contributed by atoms with Crippen LogP contribution in [0.15, 0.2) is 0 Å². The molecule has 1 rings (SSSR count). The van der Waals surface area contributed by atoms with Gasteiger partial charge in [-0.25, -0.2) is 9.97 Å². The van der Waals surface area contributed by atoms with Crippen molar-refractivity contribution in [1.29, 1.82) is 0 Å². The average molecular weight is 244 g/mol. The van der Waals surface area contributed by atoms with Crippen LogP contribution in [0.4, 0.5) is 11.6 Å². The van der Waals surface area contributed by atoms with Gasteiger partial charge in [-0.3, -0.25) is 4.79 Å². The molecule has 7 heteroatoms. The fourth-order valence-corrected chi connectivity index (χ4v) is 1.13. The zero-order valence-electron chi connectivity index (χ0n) is 9.12. The lowest BCUT2D eigenvalue weighted by Crippen LogP contribution is -2.33. The van der Waals surface area contributed by atoms with E-state index in [2.05, 4.69) is 15.3 Å². The van der Waals surface area contributed by atoms with Crippen molar-refractivity contribution >= 4 is 29.1 Å². The molecule has 0 bridgehead atoms. The molecule has 0 aliphatic heterocycles. The van der Waals surface area contributed by atoms with Gasteiger partial charge in [0.2, 0.25) is 0 Å². The number of amides is 1.